The van der Waals surface area contributed by atoms with E-state index in [4.69, 9.17) is 16.3 Å². The summed E-state index contributed by atoms with van der Waals surface area (Å²) in [7, 11) is 1.19. The van der Waals surface area contributed by atoms with Gasteiger partial charge in [-0.15, -0.1) is 0 Å². The third-order valence-electron chi connectivity index (χ3n) is 5.42. The van der Waals surface area contributed by atoms with Crippen LogP contribution in [0.1, 0.15) is 21.6 Å². The maximum absolute atomic E-state index is 13.5. The van der Waals surface area contributed by atoms with Crippen LogP contribution in [0.2, 0.25) is 5.02 Å². The molecule has 0 radical (unpaired) electrons. The van der Waals surface area contributed by atoms with Gasteiger partial charge >= 0.3 is 11.7 Å². The van der Waals surface area contributed by atoms with E-state index >= 15 is 0 Å². The molecule has 35 heavy (non-hydrogen) atoms. The summed E-state index contributed by atoms with van der Waals surface area (Å²) in [5, 5.41) is 2.97. The van der Waals surface area contributed by atoms with Crippen LogP contribution in [0.3, 0.4) is 0 Å². The molecule has 0 spiro atoms. The minimum Gasteiger partial charge on any atom is -0.465 e. The minimum absolute atomic E-state index is 0.00561. The van der Waals surface area contributed by atoms with Gasteiger partial charge in [-0.2, -0.15) is 0 Å². The summed E-state index contributed by atoms with van der Waals surface area (Å²) < 4.78 is 6.83. The quantitative estimate of drug-likeness (QED) is 0.428. The molecule has 4 aromatic rings. The number of nitrogens with one attached hydrogen (secondary N) is 1. The van der Waals surface area contributed by atoms with Gasteiger partial charge in [-0.3, -0.25) is 9.59 Å². The van der Waals surface area contributed by atoms with Gasteiger partial charge in [-0.25, -0.2) is 23.7 Å². The van der Waals surface area contributed by atoms with Gasteiger partial charge in [0.15, 0.2) is 5.65 Å². The van der Waals surface area contributed by atoms with Crippen LogP contribution in [-0.4, -0.2) is 33.1 Å². The summed E-state index contributed by atoms with van der Waals surface area (Å²) in [6.45, 7) is 2.83. The lowest BCUT2D eigenvalue weighted by Crippen LogP contribution is -2.43. The number of methoxy groups -OCH3 is 1. The Balaban J connectivity index is 1.95. The predicted molar refractivity (Wildman–Crippen MR) is 132 cm³/mol. The molecule has 1 amide bonds. The van der Waals surface area contributed by atoms with E-state index in [1.807, 2.05) is 0 Å². The van der Waals surface area contributed by atoms with Crippen LogP contribution in [0.4, 0.5) is 5.69 Å². The molecule has 10 heteroatoms. The van der Waals surface area contributed by atoms with E-state index in [-0.39, 0.29) is 16.6 Å². The second kappa shape index (κ2) is 9.55. The number of carbonyl (C=O) groups excluding carboxylic acids is 2. The molecular formula is C25H21ClN4O5. The van der Waals surface area contributed by atoms with E-state index in [2.05, 4.69) is 10.3 Å². The number of nitrogens with zero attached hydrogens (tertiary/aromatic N) is 3. The molecule has 0 aliphatic rings. The summed E-state index contributed by atoms with van der Waals surface area (Å²) in [6, 6.07) is 14.9. The zero-order chi connectivity index (χ0) is 25.3. The number of aromatic nitrogens is 3. The van der Waals surface area contributed by atoms with Crippen LogP contribution < -0.4 is 16.6 Å². The number of anilines is 1. The van der Waals surface area contributed by atoms with E-state index in [1.54, 1.807) is 62.4 Å². The zero-order valence-electron chi connectivity index (χ0n) is 19.2. The van der Waals surface area contributed by atoms with Crippen LogP contribution in [-0.2, 0) is 16.1 Å². The molecule has 0 saturated heterocycles. The highest BCUT2D eigenvalue weighted by molar-refractivity contribution is 6.31. The minimum atomic E-state index is -0.831. The van der Waals surface area contributed by atoms with Gasteiger partial charge in [0, 0.05) is 16.4 Å². The van der Waals surface area contributed by atoms with Crippen molar-refractivity contribution in [3.8, 4) is 5.69 Å². The van der Waals surface area contributed by atoms with E-state index in [0.29, 0.717) is 22.1 Å². The van der Waals surface area contributed by atoms with Crippen molar-refractivity contribution < 1.29 is 14.3 Å². The Hall–Kier alpha value is -4.24. The summed E-state index contributed by atoms with van der Waals surface area (Å²) in [5.74, 6) is -1.38. The van der Waals surface area contributed by atoms with Crippen molar-refractivity contribution in [1.29, 1.82) is 0 Å². The van der Waals surface area contributed by atoms with Gasteiger partial charge < -0.3 is 10.1 Å². The largest absolute Gasteiger partial charge is 0.465 e. The predicted octanol–water partition coefficient (Wildman–Crippen LogP) is 3.24. The van der Waals surface area contributed by atoms with Crippen LogP contribution in [0.15, 0.2) is 64.2 Å². The molecule has 4 rings (SSSR count). The molecule has 1 N–H and O–H groups in total. The number of para-hydroxylation sites is 1. The fraction of sp³-hybridized carbons (Fsp3) is 0.160. The molecule has 2 aromatic heterocycles. The van der Waals surface area contributed by atoms with Crippen LogP contribution in [0, 0.1) is 13.8 Å². The summed E-state index contributed by atoms with van der Waals surface area (Å²) >= 11 is 6.03. The number of carbonyl (C=O) groups is 2. The third-order valence-corrected chi connectivity index (χ3v) is 5.65. The second-order valence-corrected chi connectivity index (χ2v) is 8.29. The molecule has 0 fully saturated rings. The van der Waals surface area contributed by atoms with Gasteiger partial charge in [0.2, 0.25) is 5.91 Å². The van der Waals surface area contributed by atoms with Crippen LogP contribution in [0.5, 0.6) is 0 Å². The number of esters is 1. The molecule has 0 bridgehead atoms. The highest BCUT2D eigenvalue weighted by Gasteiger charge is 2.23. The number of hydrogen-bond acceptors (Lipinski definition) is 6. The number of halogens is 1. The Morgan fingerprint density at radius 2 is 1.77 bits per heavy atom. The molecule has 0 unspecified atom stereocenters. The van der Waals surface area contributed by atoms with Crippen molar-refractivity contribution in [2.75, 3.05) is 12.4 Å². The number of fused-ring (bicyclic) bond motifs is 1. The summed E-state index contributed by atoms with van der Waals surface area (Å²) in [4.78, 5) is 56.9. The fourth-order valence-corrected chi connectivity index (χ4v) is 3.92. The van der Waals surface area contributed by atoms with E-state index in [1.165, 1.54) is 17.7 Å². The lowest BCUT2D eigenvalue weighted by atomic mass is 10.1. The van der Waals surface area contributed by atoms with Crippen molar-refractivity contribution in [2.45, 2.75) is 20.4 Å². The highest BCUT2D eigenvalue weighted by Crippen LogP contribution is 2.21. The Morgan fingerprint density at radius 1 is 1.06 bits per heavy atom. The van der Waals surface area contributed by atoms with Gasteiger partial charge in [-0.1, -0.05) is 35.9 Å². The molecule has 2 heterocycles. The number of rotatable bonds is 5. The fourth-order valence-electron chi connectivity index (χ4n) is 3.74. The standard InChI is InChI=1S/C25H21ClN4O5/c1-14-9-10-16(26)12-19(14)28-20(31)13-29-23(32)21-18(24(33)35-3)11-15(2)27-22(21)30(25(29)34)17-7-5-4-6-8-17/h4-12H,13H2,1-3H3,(H,28,31). The first kappa shape index (κ1) is 23.9. The second-order valence-electron chi connectivity index (χ2n) is 7.85. The molecule has 178 valence electrons. The third kappa shape index (κ3) is 4.58. The Morgan fingerprint density at radius 3 is 2.46 bits per heavy atom. The van der Waals surface area contributed by atoms with Gasteiger partial charge in [0.1, 0.15) is 6.54 Å². The average molecular weight is 493 g/mol. The van der Waals surface area contributed by atoms with Crippen molar-refractivity contribution >= 4 is 40.2 Å². The number of hydrogen-bond donors (Lipinski definition) is 1. The summed E-state index contributed by atoms with van der Waals surface area (Å²) in [6.07, 6.45) is 0. The molecular weight excluding hydrogens is 472 g/mol. The number of pyridine rings is 1. The Bertz CT molecular complexity index is 1590. The first-order valence-electron chi connectivity index (χ1n) is 10.6. The van der Waals surface area contributed by atoms with E-state index in [9.17, 15) is 19.2 Å². The van der Waals surface area contributed by atoms with Crippen molar-refractivity contribution in [2.24, 2.45) is 0 Å². The molecule has 0 saturated carbocycles. The van der Waals surface area contributed by atoms with Gasteiger partial charge in [0.05, 0.1) is 23.7 Å². The first-order valence-corrected chi connectivity index (χ1v) is 11.0. The van der Waals surface area contributed by atoms with Crippen molar-refractivity contribution in [3.05, 3.63) is 97.3 Å². The molecule has 9 nitrogen and oxygen atoms in total. The SMILES string of the molecule is COC(=O)c1cc(C)nc2c1c(=O)n(CC(=O)Nc1cc(Cl)ccc1C)c(=O)n2-c1ccccc1. The van der Waals surface area contributed by atoms with Gasteiger partial charge in [-0.05, 0) is 49.7 Å². The van der Waals surface area contributed by atoms with Crippen molar-refractivity contribution in [1.82, 2.24) is 14.1 Å². The van der Waals surface area contributed by atoms with Gasteiger partial charge in [0.25, 0.3) is 5.56 Å². The normalized spacial score (nSPS) is 10.9. The number of benzene rings is 2. The smallest absolute Gasteiger partial charge is 0.338 e. The highest BCUT2D eigenvalue weighted by atomic mass is 35.5. The molecule has 0 aliphatic heterocycles. The van der Waals surface area contributed by atoms with Crippen LogP contribution >= 0.6 is 11.6 Å². The number of aryl methyl sites for hydroxylation is 2. The molecule has 2 aromatic carbocycles. The van der Waals surface area contributed by atoms with Crippen molar-refractivity contribution in [3.63, 3.8) is 0 Å². The lowest BCUT2D eigenvalue weighted by Gasteiger charge is -2.16. The Kier molecular flexibility index (Phi) is 6.52. The van der Waals surface area contributed by atoms with E-state index in [0.717, 1.165) is 10.1 Å². The topological polar surface area (TPSA) is 112 Å². The average Bonchev–Trinajstić information content (AvgIpc) is 2.83. The van der Waals surface area contributed by atoms with E-state index < -0.39 is 29.7 Å². The first-order chi connectivity index (χ1) is 16.7. The maximum Gasteiger partial charge on any atom is 0.338 e. The number of amides is 1. The monoisotopic (exact) mass is 492 g/mol. The Labute approximate surface area is 204 Å². The summed E-state index contributed by atoms with van der Waals surface area (Å²) in [5.41, 5.74) is 0.363. The molecule has 0 atom stereocenters. The zero-order valence-corrected chi connectivity index (χ0v) is 19.9. The number of ether oxygens (including phenoxy) is 1. The molecule has 0 aliphatic carbocycles. The van der Waals surface area contributed by atoms with Crippen LogP contribution in [0.25, 0.3) is 16.7 Å². The maximum atomic E-state index is 13.5. The lowest BCUT2D eigenvalue weighted by molar-refractivity contribution is -0.116.